The Labute approximate surface area is 142 Å². The highest BCUT2D eigenvalue weighted by Crippen LogP contribution is 2.29. The first kappa shape index (κ1) is 18.5. The molecular weight excluding hydrogens is 314 g/mol. The number of carboxylic acids is 1. The van der Waals surface area contributed by atoms with Crippen molar-refractivity contribution in [1.29, 1.82) is 0 Å². The molecule has 2 N–H and O–H groups in total. The lowest BCUT2D eigenvalue weighted by molar-refractivity contribution is -0.151. The molecule has 0 spiro atoms. The summed E-state index contributed by atoms with van der Waals surface area (Å²) >= 11 is 0. The van der Waals surface area contributed by atoms with Crippen molar-refractivity contribution in [3.63, 3.8) is 0 Å². The van der Waals surface area contributed by atoms with Crippen LogP contribution in [-0.2, 0) is 14.3 Å². The highest BCUT2D eigenvalue weighted by Gasteiger charge is 2.44. The SMILES string of the molecule is CN1CC[C@H]2CC[C@@H](C(=O)O)N2C(=O)[C@@H](NC(=O)OC(C)(C)C)C1. The molecule has 2 rings (SSSR count). The topological polar surface area (TPSA) is 99.2 Å². The van der Waals surface area contributed by atoms with E-state index in [-0.39, 0.29) is 11.9 Å². The Balaban J connectivity index is 2.17. The van der Waals surface area contributed by atoms with Gasteiger partial charge in [0.05, 0.1) is 0 Å². The number of rotatable bonds is 2. The van der Waals surface area contributed by atoms with E-state index in [1.54, 1.807) is 20.8 Å². The molecule has 24 heavy (non-hydrogen) atoms. The van der Waals surface area contributed by atoms with Crippen LogP contribution in [-0.4, -0.2) is 76.7 Å². The van der Waals surface area contributed by atoms with Crippen LogP contribution in [0.25, 0.3) is 0 Å². The molecule has 2 saturated heterocycles. The van der Waals surface area contributed by atoms with Gasteiger partial charge in [-0.05, 0) is 53.6 Å². The number of hydrogen-bond donors (Lipinski definition) is 2. The molecule has 2 heterocycles. The second-order valence-electron chi connectivity index (χ2n) is 7.58. The van der Waals surface area contributed by atoms with Crippen LogP contribution in [0.2, 0.25) is 0 Å². The molecule has 0 saturated carbocycles. The molecule has 3 atom stereocenters. The molecule has 8 heteroatoms. The maximum Gasteiger partial charge on any atom is 0.408 e. The highest BCUT2D eigenvalue weighted by atomic mass is 16.6. The van der Waals surface area contributed by atoms with Crippen molar-refractivity contribution in [1.82, 2.24) is 15.1 Å². The van der Waals surface area contributed by atoms with Gasteiger partial charge < -0.3 is 25.0 Å². The van der Waals surface area contributed by atoms with Gasteiger partial charge in [-0.1, -0.05) is 0 Å². The van der Waals surface area contributed by atoms with Crippen LogP contribution in [0.3, 0.4) is 0 Å². The zero-order valence-corrected chi connectivity index (χ0v) is 14.7. The Morgan fingerprint density at radius 2 is 1.92 bits per heavy atom. The summed E-state index contributed by atoms with van der Waals surface area (Å²) < 4.78 is 5.23. The van der Waals surface area contributed by atoms with E-state index < -0.39 is 29.7 Å². The van der Waals surface area contributed by atoms with E-state index >= 15 is 0 Å². The number of fused-ring (bicyclic) bond motifs is 1. The molecule has 2 amide bonds. The number of likely N-dealkylation sites (N-methyl/N-ethyl adjacent to an activating group) is 1. The number of nitrogens with zero attached hydrogens (tertiary/aromatic N) is 2. The maximum atomic E-state index is 12.9. The van der Waals surface area contributed by atoms with Crippen molar-refractivity contribution in [2.24, 2.45) is 0 Å². The largest absolute Gasteiger partial charge is 0.480 e. The van der Waals surface area contributed by atoms with Gasteiger partial charge in [0.1, 0.15) is 17.7 Å². The van der Waals surface area contributed by atoms with Crippen LogP contribution in [0.4, 0.5) is 4.79 Å². The van der Waals surface area contributed by atoms with E-state index in [1.165, 1.54) is 4.90 Å². The van der Waals surface area contributed by atoms with E-state index in [9.17, 15) is 19.5 Å². The third kappa shape index (κ3) is 4.37. The first-order valence-electron chi connectivity index (χ1n) is 8.31. The molecule has 0 aromatic rings. The van der Waals surface area contributed by atoms with Gasteiger partial charge >= 0.3 is 12.1 Å². The van der Waals surface area contributed by atoms with Gasteiger partial charge in [0.2, 0.25) is 5.91 Å². The number of amides is 2. The number of hydrogen-bond acceptors (Lipinski definition) is 5. The van der Waals surface area contributed by atoms with Gasteiger partial charge in [-0.25, -0.2) is 9.59 Å². The summed E-state index contributed by atoms with van der Waals surface area (Å²) in [5, 5.41) is 12.0. The predicted molar refractivity (Wildman–Crippen MR) is 86.6 cm³/mol. The molecule has 2 aliphatic rings. The number of carbonyl (C=O) groups is 3. The summed E-state index contributed by atoms with van der Waals surface area (Å²) in [6.07, 6.45) is 1.20. The fraction of sp³-hybridized carbons (Fsp3) is 0.812. The Morgan fingerprint density at radius 1 is 1.25 bits per heavy atom. The van der Waals surface area contributed by atoms with Crippen molar-refractivity contribution in [2.45, 2.75) is 63.8 Å². The molecule has 0 unspecified atom stereocenters. The first-order valence-corrected chi connectivity index (χ1v) is 8.31. The van der Waals surface area contributed by atoms with Crippen molar-refractivity contribution in [2.75, 3.05) is 20.1 Å². The second kappa shape index (κ2) is 6.96. The van der Waals surface area contributed by atoms with Crippen molar-refractivity contribution >= 4 is 18.0 Å². The smallest absolute Gasteiger partial charge is 0.408 e. The lowest BCUT2D eigenvalue weighted by Crippen LogP contribution is -2.59. The lowest BCUT2D eigenvalue weighted by atomic mass is 10.1. The number of nitrogens with one attached hydrogen (secondary N) is 1. The number of ether oxygens (including phenoxy) is 1. The van der Waals surface area contributed by atoms with Crippen molar-refractivity contribution in [3.8, 4) is 0 Å². The zero-order chi connectivity index (χ0) is 18.1. The summed E-state index contributed by atoms with van der Waals surface area (Å²) in [6, 6.07) is -1.72. The van der Waals surface area contributed by atoms with Crippen LogP contribution in [0.15, 0.2) is 0 Å². The van der Waals surface area contributed by atoms with Crippen molar-refractivity contribution in [3.05, 3.63) is 0 Å². The third-order valence-corrected chi connectivity index (χ3v) is 4.37. The monoisotopic (exact) mass is 341 g/mol. The minimum Gasteiger partial charge on any atom is -0.480 e. The summed E-state index contributed by atoms with van der Waals surface area (Å²) in [6.45, 7) is 6.31. The Bertz CT molecular complexity index is 516. The van der Waals surface area contributed by atoms with Crippen LogP contribution in [0.1, 0.15) is 40.0 Å². The molecule has 0 radical (unpaired) electrons. The van der Waals surface area contributed by atoms with E-state index in [2.05, 4.69) is 5.32 Å². The average molecular weight is 341 g/mol. The average Bonchev–Trinajstić information content (AvgIpc) is 2.84. The second-order valence-corrected chi connectivity index (χ2v) is 7.58. The zero-order valence-electron chi connectivity index (χ0n) is 14.7. The van der Waals surface area contributed by atoms with E-state index in [1.807, 2.05) is 11.9 Å². The fourth-order valence-electron chi connectivity index (χ4n) is 3.33. The molecule has 136 valence electrons. The Hall–Kier alpha value is -1.83. The van der Waals surface area contributed by atoms with Gasteiger partial charge in [0.25, 0.3) is 0 Å². The van der Waals surface area contributed by atoms with E-state index in [4.69, 9.17) is 4.74 Å². The van der Waals surface area contributed by atoms with Crippen LogP contribution < -0.4 is 5.32 Å². The Morgan fingerprint density at radius 3 is 2.50 bits per heavy atom. The third-order valence-electron chi connectivity index (χ3n) is 4.37. The normalized spacial score (nSPS) is 28.8. The molecule has 0 aliphatic carbocycles. The summed E-state index contributed by atoms with van der Waals surface area (Å²) in [7, 11) is 1.89. The number of carboxylic acid groups (broad SMARTS) is 1. The highest BCUT2D eigenvalue weighted by molar-refractivity contribution is 5.90. The van der Waals surface area contributed by atoms with E-state index in [0.717, 1.165) is 13.0 Å². The molecular formula is C16H27N3O5. The number of aliphatic carboxylic acids is 1. The predicted octanol–water partition coefficient (Wildman–Crippen LogP) is 0.659. The minimum absolute atomic E-state index is 0.0933. The van der Waals surface area contributed by atoms with Crippen LogP contribution in [0, 0.1) is 0 Å². The molecule has 2 fully saturated rings. The molecule has 8 nitrogen and oxygen atoms in total. The molecule has 0 bridgehead atoms. The fourth-order valence-corrected chi connectivity index (χ4v) is 3.33. The van der Waals surface area contributed by atoms with Crippen LogP contribution >= 0.6 is 0 Å². The Kier molecular flexibility index (Phi) is 5.37. The molecule has 0 aromatic carbocycles. The molecule has 2 aliphatic heterocycles. The lowest BCUT2D eigenvalue weighted by Gasteiger charge is -2.37. The summed E-state index contributed by atoms with van der Waals surface area (Å²) in [4.78, 5) is 39.9. The summed E-state index contributed by atoms with van der Waals surface area (Å²) in [5.41, 5.74) is -0.666. The minimum atomic E-state index is -0.990. The standard InChI is InChI=1S/C16H27N3O5/c1-16(2,3)24-15(23)17-11-9-18(4)8-7-10-5-6-12(14(21)22)19(10)13(11)20/h10-12H,5-9H2,1-4H3,(H,17,23)(H,21,22)/t10-,11+,12+/m1/s1. The number of carbonyl (C=O) groups excluding carboxylic acids is 2. The van der Waals surface area contributed by atoms with Gasteiger partial charge in [-0.15, -0.1) is 0 Å². The summed E-state index contributed by atoms with van der Waals surface area (Å²) in [5.74, 6) is -1.34. The quantitative estimate of drug-likeness (QED) is 0.765. The van der Waals surface area contributed by atoms with Crippen molar-refractivity contribution < 1.29 is 24.2 Å². The molecule has 0 aromatic heterocycles. The number of alkyl carbamates (subject to hydrolysis) is 1. The maximum absolute atomic E-state index is 12.9. The first-order chi connectivity index (χ1) is 11.1. The van der Waals surface area contributed by atoms with Gasteiger partial charge in [-0.2, -0.15) is 0 Å². The van der Waals surface area contributed by atoms with Gasteiger partial charge in [0.15, 0.2) is 0 Å². The van der Waals surface area contributed by atoms with Crippen LogP contribution in [0.5, 0.6) is 0 Å². The van der Waals surface area contributed by atoms with Gasteiger partial charge in [0, 0.05) is 12.6 Å². The van der Waals surface area contributed by atoms with Gasteiger partial charge in [-0.3, -0.25) is 4.79 Å². The van der Waals surface area contributed by atoms with E-state index in [0.29, 0.717) is 19.4 Å².